The second-order valence-electron chi connectivity index (χ2n) is 9.25. The van der Waals surface area contributed by atoms with Crippen LogP contribution in [0.25, 0.3) is 10.9 Å². The maximum absolute atomic E-state index is 13.4. The van der Waals surface area contributed by atoms with Crippen LogP contribution in [0.5, 0.6) is 0 Å². The highest BCUT2D eigenvalue weighted by atomic mass is 16.5. The number of nitrogens with zero attached hydrogens (tertiary/aromatic N) is 4. The second-order valence-corrected chi connectivity index (χ2v) is 9.25. The summed E-state index contributed by atoms with van der Waals surface area (Å²) < 4.78 is 5.51. The number of aromatic amines is 1. The molecule has 0 saturated carbocycles. The van der Waals surface area contributed by atoms with Crippen molar-refractivity contribution in [1.82, 2.24) is 14.9 Å². The molecule has 184 valence electrons. The van der Waals surface area contributed by atoms with E-state index in [0.29, 0.717) is 32.0 Å². The number of hydrogen-bond donors (Lipinski definition) is 2. The zero-order valence-corrected chi connectivity index (χ0v) is 20.6. The van der Waals surface area contributed by atoms with E-state index in [9.17, 15) is 9.59 Å². The Kier molecular flexibility index (Phi) is 6.34. The van der Waals surface area contributed by atoms with E-state index in [0.717, 1.165) is 60.0 Å². The molecule has 2 aliphatic rings. The molecule has 0 unspecified atom stereocenters. The highest BCUT2D eigenvalue weighted by molar-refractivity contribution is 6.05. The summed E-state index contributed by atoms with van der Waals surface area (Å²) in [5, 5.41) is 4.14. The average molecular weight is 477 g/mol. The van der Waals surface area contributed by atoms with Crippen LogP contribution in [-0.4, -0.2) is 79.2 Å². The van der Waals surface area contributed by atoms with Gasteiger partial charge in [-0.2, -0.15) is 0 Å². The first kappa shape index (κ1) is 23.2. The lowest BCUT2D eigenvalue weighted by atomic mass is 10.1. The van der Waals surface area contributed by atoms with Gasteiger partial charge in [-0.3, -0.25) is 9.59 Å². The average Bonchev–Trinajstić information content (AvgIpc) is 3.17. The predicted octanol–water partition coefficient (Wildman–Crippen LogP) is 2.94. The molecule has 2 aliphatic heterocycles. The summed E-state index contributed by atoms with van der Waals surface area (Å²) in [4.78, 5) is 39.4. The number of anilines is 3. The van der Waals surface area contributed by atoms with Crippen LogP contribution < -0.4 is 15.1 Å². The fourth-order valence-electron chi connectivity index (χ4n) is 4.77. The molecule has 9 nitrogen and oxygen atoms in total. The van der Waals surface area contributed by atoms with E-state index in [1.807, 2.05) is 42.2 Å². The number of carbonyl (C=O) groups excluding carboxylic acids is 2. The number of nitrogens with one attached hydrogen (secondary N) is 2. The first-order valence-electron chi connectivity index (χ1n) is 12.1. The van der Waals surface area contributed by atoms with Crippen molar-refractivity contribution < 1.29 is 14.3 Å². The minimum Gasteiger partial charge on any atom is -0.378 e. The van der Waals surface area contributed by atoms with E-state index < -0.39 is 0 Å². The molecule has 5 rings (SSSR count). The SMILES string of the molecule is CC(=O)N1CCN(c2cc(C(=O)Nc3ccc4[nH]c(C)c(C)c4c3)nc(N3CCOCC3)c2)CC1. The second kappa shape index (κ2) is 9.58. The minimum absolute atomic E-state index is 0.0956. The Balaban J connectivity index is 1.42. The third-order valence-corrected chi connectivity index (χ3v) is 7.02. The van der Waals surface area contributed by atoms with Gasteiger partial charge in [0.15, 0.2) is 0 Å². The summed E-state index contributed by atoms with van der Waals surface area (Å²) in [6, 6.07) is 9.79. The number of aromatic nitrogens is 2. The number of hydrogen-bond acceptors (Lipinski definition) is 6. The van der Waals surface area contributed by atoms with Gasteiger partial charge in [-0.1, -0.05) is 0 Å². The Morgan fingerprint density at radius 2 is 1.71 bits per heavy atom. The quantitative estimate of drug-likeness (QED) is 0.602. The lowest BCUT2D eigenvalue weighted by molar-refractivity contribution is -0.129. The number of aryl methyl sites for hydroxylation is 2. The summed E-state index contributed by atoms with van der Waals surface area (Å²) in [6.45, 7) is 11.2. The maximum Gasteiger partial charge on any atom is 0.274 e. The van der Waals surface area contributed by atoms with E-state index in [2.05, 4.69) is 27.0 Å². The number of rotatable bonds is 4. The van der Waals surface area contributed by atoms with Crippen molar-refractivity contribution in [1.29, 1.82) is 0 Å². The predicted molar refractivity (Wildman–Crippen MR) is 137 cm³/mol. The number of carbonyl (C=O) groups is 2. The van der Waals surface area contributed by atoms with E-state index in [-0.39, 0.29) is 11.8 Å². The summed E-state index contributed by atoms with van der Waals surface area (Å²) in [7, 11) is 0. The van der Waals surface area contributed by atoms with Gasteiger partial charge in [0.25, 0.3) is 5.91 Å². The van der Waals surface area contributed by atoms with Crippen molar-refractivity contribution in [3.63, 3.8) is 0 Å². The molecule has 0 spiro atoms. The normalized spacial score (nSPS) is 16.6. The van der Waals surface area contributed by atoms with Crippen LogP contribution in [-0.2, 0) is 9.53 Å². The number of H-pyrrole nitrogens is 1. The van der Waals surface area contributed by atoms with Crippen LogP contribution in [0.2, 0.25) is 0 Å². The molecule has 2 fully saturated rings. The van der Waals surface area contributed by atoms with Crippen molar-refractivity contribution in [2.75, 3.05) is 67.6 Å². The Hall–Kier alpha value is -3.59. The summed E-state index contributed by atoms with van der Waals surface area (Å²) in [5.74, 6) is 0.628. The smallest absolute Gasteiger partial charge is 0.274 e. The lowest BCUT2D eigenvalue weighted by Crippen LogP contribution is -2.48. The number of piperazine rings is 1. The van der Waals surface area contributed by atoms with Crippen LogP contribution in [0.15, 0.2) is 30.3 Å². The molecule has 0 radical (unpaired) electrons. The van der Waals surface area contributed by atoms with Gasteiger partial charge in [0.1, 0.15) is 11.5 Å². The van der Waals surface area contributed by atoms with E-state index >= 15 is 0 Å². The first-order valence-corrected chi connectivity index (χ1v) is 12.1. The molecule has 2 aromatic heterocycles. The molecular weight excluding hydrogens is 444 g/mol. The molecule has 4 heterocycles. The number of morpholine rings is 1. The molecule has 0 aliphatic carbocycles. The largest absolute Gasteiger partial charge is 0.378 e. The van der Waals surface area contributed by atoms with Crippen molar-refractivity contribution in [2.45, 2.75) is 20.8 Å². The Morgan fingerprint density at radius 1 is 0.971 bits per heavy atom. The van der Waals surface area contributed by atoms with Gasteiger partial charge in [0.2, 0.25) is 5.91 Å². The third kappa shape index (κ3) is 4.81. The monoisotopic (exact) mass is 476 g/mol. The van der Waals surface area contributed by atoms with Gasteiger partial charge in [-0.15, -0.1) is 0 Å². The lowest BCUT2D eigenvalue weighted by Gasteiger charge is -2.36. The molecule has 2 saturated heterocycles. The number of amides is 2. The molecule has 9 heteroatoms. The van der Waals surface area contributed by atoms with Gasteiger partial charge >= 0.3 is 0 Å². The fourth-order valence-corrected chi connectivity index (χ4v) is 4.77. The summed E-state index contributed by atoms with van der Waals surface area (Å²) >= 11 is 0. The summed E-state index contributed by atoms with van der Waals surface area (Å²) in [6.07, 6.45) is 0. The highest BCUT2D eigenvalue weighted by Crippen LogP contribution is 2.27. The van der Waals surface area contributed by atoms with Crippen LogP contribution in [0.3, 0.4) is 0 Å². The molecule has 0 bridgehead atoms. The third-order valence-electron chi connectivity index (χ3n) is 7.02. The zero-order valence-electron chi connectivity index (χ0n) is 20.6. The molecule has 35 heavy (non-hydrogen) atoms. The molecule has 2 amide bonds. The number of ether oxygens (including phenoxy) is 1. The zero-order chi connectivity index (χ0) is 24.5. The van der Waals surface area contributed by atoms with Crippen LogP contribution >= 0.6 is 0 Å². The Labute approximate surface area is 205 Å². The van der Waals surface area contributed by atoms with Crippen LogP contribution in [0, 0.1) is 13.8 Å². The van der Waals surface area contributed by atoms with Gasteiger partial charge in [0, 0.05) is 80.2 Å². The van der Waals surface area contributed by atoms with Gasteiger partial charge < -0.3 is 29.7 Å². The Morgan fingerprint density at radius 3 is 2.43 bits per heavy atom. The Bertz CT molecular complexity index is 1260. The molecular formula is C26H32N6O3. The summed E-state index contributed by atoms with van der Waals surface area (Å²) in [5.41, 5.74) is 5.41. The van der Waals surface area contributed by atoms with E-state index in [1.165, 1.54) is 5.56 Å². The standard InChI is InChI=1S/C26H32N6O3/c1-17-18(2)27-23-5-4-20(14-22(17)23)28-26(34)24-15-21(31-8-6-30(7-9-31)19(3)33)16-25(29-24)32-10-12-35-13-11-32/h4-5,14-16,27H,6-13H2,1-3H3,(H,28,34). The van der Waals surface area contributed by atoms with Crippen molar-refractivity contribution in [3.8, 4) is 0 Å². The van der Waals surface area contributed by atoms with Crippen molar-refractivity contribution in [2.24, 2.45) is 0 Å². The topological polar surface area (TPSA) is 93.8 Å². The minimum atomic E-state index is -0.243. The first-order chi connectivity index (χ1) is 16.9. The van der Waals surface area contributed by atoms with Crippen LogP contribution in [0.4, 0.5) is 17.2 Å². The van der Waals surface area contributed by atoms with Crippen molar-refractivity contribution >= 4 is 39.9 Å². The fraction of sp³-hybridized carbons (Fsp3) is 0.423. The van der Waals surface area contributed by atoms with Gasteiger partial charge in [-0.05, 0) is 43.7 Å². The van der Waals surface area contributed by atoms with Gasteiger partial charge in [-0.25, -0.2) is 4.98 Å². The van der Waals surface area contributed by atoms with E-state index in [1.54, 1.807) is 6.92 Å². The number of pyridine rings is 1. The molecule has 3 aromatic rings. The van der Waals surface area contributed by atoms with E-state index in [4.69, 9.17) is 9.72 Å². The van der Waals surface area contributed by atoms with Crippen molar-refractivity contribution in [3.05, 3.63) is 47.3 Å². The van der Waals surface area contributed by atoms with Crippen LogP contribution in [0.1, 0.15) is 28.7 Å². The van der Waals surface area contributed by atoms with Gasteiger partial charge in [0.05, 0.1) is 13.2 Å². The molecule has 1 aromatic carbocycles. The molecule has 2 N–H and O–H groups in total. The number of benzene rings is 1. The maximum atomic E-state index is 13.4. The highest BCUT2D eigenvalue weighted by Gasteiger charge is 2.23. The molecule has 0 atom stereocenters. The number of fused-ring (bicyclic) bond motifs is 1.